The van der Waals surface area contributed by atoms with Gasteiger partial charge in [0.25, 0.3) is 0 Å². The predicted molar refractivity (Wildman–Crippen MR) is 114 cm³/mol. The average Bonchev–Trinajstić information content (AvgIpc) is 2.63. The summed E-state index contributed by atoms with van der Waals surface area (Å²) in [6.45, 7) is 0. The molecule has 0 aliphatic rings. The Bertz CT molecular complexity index is 1180. The smallest absolute Gasteiger partial charge is 0.208 e. The molecule has 144 valence electrons. The first-order chi connectivity index (χ1) is 13.2. The Labute approximate surface area is 181 Å². The van der Waals surface area contributed by atoms with Crippen LogP contribution in [-0.4, -0.2) is 19.7 Å². The summed E-state index contributed by atoms with van der Waals surface area (Å²) in [6.07, 6.45) is 1.35. The number of nitrogens with zero attached hydrogens (tertiary/aromatic N) is 1. The summed E-state index contributed by atoms with van der Waals surface area (Å²) in [5.74, 6) is -0.164. The quantitative estimate of drug-likeness (QED) is 0.433. The highest BCUT2D eigenvalue weighted by Crippen LogP contribution is 2.33. The van der Waals surface area contributed by atoms with Gasteiger partial charge in [0, 0.05) is 21.8 Å². The molecule has 1 N–H and O–H groups in total. The van der Waals surface area contributed by atoms with Crippen molar-refractivity contribution in [2.45, 2.75) is 9.79 Å². The van der Waals surface area contributed by atoms with Crippen LogP contribution in [0, 0.1) is 0 Å². The van der Waals surface area contributed by atoms with Gasteiger partial charge in [-0.3, -0.25) is 4.99 Å². The van der Waals surface area contributed by atoms with Crippen LogP contribution in [0.2, 0.25) is 20.1 Å². The number of sulfone groups is 1. The molecule has 28 heavy (non-hydrogen) atoms. The molecule has 0 amide bonds. The number of hydrogen-bond acceptors (Lipinski definition) is 4. The van der Waals surface area contributed by atoms with Crippen molar-refractivity contribution >= 4 is 68.1 Å². The van der Waals surface area contributed by atoms with E-state index in [2.05, 4.69) is 4.99 Å². The summed E-state index contributed by atoms with van der Waals surface area (Å²) >= 11 is 23.8. The van der Waals surface area contributed by atoms with Gasteiger partial charge in [0.1, 0.15) is 5.75 Å². The van der Waals surface area contributed by atoms with Gasteiger partial charge in [-0.1, -0.05) is 46.4 Å². The van der Waals surface area contributed by atoms with Crippen molar-refractivity contribution in [1.82, 2.24) is 0 Å². The maximum atomic E-state index is 12.7. The highest BCUT2D eigenvalue weighted by molar-refractivity contribution is 7.91. The third-order valence-corrected chi connectivity index (χ3v) is 6.75. The minimum Gasteiger partial charge on any atom is -0.506 e. The van der Waals surface area contributed by atoms with Gasteiger partial charge in [-0.25, -0.2) is 8.42 Å². The Hall–Kier alpha value is -1.76. The molecular formula is C19H11Cl4NO3S. The van der Waals surface area contributed by atoms with E-state index in [1.54, 1.807) is 0 Å². The summed E-state index contributed by atoms with van der Waals surface area (Å²) < 4.78 is 25.5. The van der Waals surface area contributed by atoms with Gasteiger partial charge in [-0.15, -0.1) is 0 Å². The summed E-state index contributed by atoms with van der Waals surface area (Å²) in [7, 11) is -3.81. The van der Waals surface area contributed by atoms with Crippen LogP contribution in [0.3, 0.4) is 0 Å². The van der Waals surface area contributed by atoms with Crippen molar-refractivity contribution in [1.29, 1.82) is 0 Å². The topological polar surface area (TPSA) is 66.7 Å². The fraction of sp³-hybridized carbons (Fsp3) is 0. The van der Waals surface area contributed by atoms with E-state index < -0.39 is 9.84 Å². The number of halogens is 4. The van der Waals surface area contributed by atoms with E-state index in [1.165, 1.54) is 60.8 Å². The van der Waals surface area contributed by atoms with E-state index in [0.29, 0.717) is 21.3 Å². The zero-order valence-corrected chi connectivity index (χ0v) is 17.7. The van der Waals surface area contributed by atoms with Crippen molar-refractivity contribution in [3.8, 4) is 5.75 Å². The zero-order chi connectivity index (χ0) is 20.5. The lowest BCUT2D eigenvalue weighted by atomic mass is 10.2. The minimum atomic E-state index is -3.81. The third-order valence-electron chi connectivity index (χ3n) is 3.74. The fourth-order valence-corrected chi connectivity index (χ4v) is 4.78. The van der Waals surface area contributed by atoms with E-state index in [9.17, 15) is 13.5 Å². The molecule has 0 aromatic heterocycles. The van der Waals surface area contributed by atoms with Gasteiger partial charge < -0.3 is 5.11 Å². The van der Waals surface area contributed by atoms with Gasteiger partial charge in [-0.2, -0.15) is 0 Å². The van der Waals surface area contributed by atoms with Crippen molar-refractivity contribution in [3.63, 3.8) is 0 Å². The van der Waals surface area contributed by atoms with Gasteiger partial charge in [0.15, 0.2) is 0 Å². The molecule has 9 heteroatoms. The second kappa shape index (κ2) is 8.31. The number of phenols is 1. The van der Waals surface area contributed by atoms with E-state index >= 15 is 0 Å². The molecule has 0 atom stereocenters. The van der Waals surface area contributed by atoms with Gasteiger partial charge in [0.05, 0.1) is 25.5 Å². The molecule has 0 saturated carbocycles. The molecule has 3 aromatic rings. The lowest BCUT2D eigenvalue weighted by Gasteiger charge is -2.08. The molecule has 0 spiro atoms. The van der Waals surface area contributed by atoms with Crippen molar-refractivity contribution < 1.29 is 13.5 Å². The average molecular weight is 475 g/mol. The third kappa shape index (κ3) is 4.45. The molecule has 0 radical (unpaired) electrons. The van der Waals surface area contributed by atoms with E-state index in [-0.39, 0.29) is 25.6 Å². The molecule has 3 aromatic carbocycles. The van der Waals surface area contributed by atoms with Crippen LogP contribution in [0.5, 0.6) is 5.75 Å². The Morgan fingerprint density at radius 2 is 1.50 bits per heavy atom. The zero-order valence-electron chi connectivity index (χ0n) is 13.9. The second-order valence-electron chi connectivity index (χ2n) is 5.66. The van der Waals surface area contributed by atoms with Crippen LogP contribution in [0.4, 0.5) is 5.69 Å². The first kappa shape index (κ1) is 21.0. The van der Waals surface area contributed by atoms with Crippen molar-refractivity contribution in [2.24, 2.45) is 4.99 Å². The van der Waals surface area contributed by atoms with Crippen molar-refractivity contribution in [3.05, 3.63) is 80.3 Å². The van der Waals surface area contributed by atoms with Gasteiger partial charge in [-0.05, 0) is 54.6 Å². The number of phenolic OH excluding ortho intramolecular Hbond substituents is 1. The van der Waals surface area contributed by atoms with Crippen LogP contribution in [0.15, 0.2) is 69.4 Å². The van der Waals surface area contributed by atoms with E-state index in [0.717, 1.165) is 0 Å². The lowest BCUT2D eigenvalue weighted by Crippen LogP contribution is -2.02. The van der Waals surface area contributed by atoms with Crippen molar-refractivity contribution in [2.75, 3.05) is 0 Å². The normalized spacial score (nSPS) is 11.9. The van der Waals surface area contributed by atoms with Crippen LogP contribution < -0.4 is 0 Å². The van der Waals surface area contributed by atoms with Gasteiger partial charge in [0.2, 0.25) is 9.84 Å². The molecular weight excluding hydrogens is 464 g/mol. The van der Waals surface area contributed by atoms with Crippen LogP contribution in [0.25, 0.3) is 0 Å². The molecule has 3 rings (SSSR count). The summed E-state index contributed by atoms with van der Waals surface area (Å²) in [4.78, 5) is 4.21. The van der Waals surface area contributed by atoms with Crippen LogP contribution in [-0.2, 0) is 9.84 Å². The molecule has 0 unspecified atom stereocenters. The van der Waals surface area contributed by atoms with Crippen LogP contribution >= 0.6 is 46.4 Å². The summed E-state index contributed by atoms with van der Waals surface area (Å²) in [5, 5.41) is 10.8. The number of rotatable bonds is 4. The highest BCUT2D eigenvalue weighted by Gasteiger charge is 2.21. The molecule has 0 aliphatic carbocycles. The largest absolute Gasteiger partial charge is 0.506 e. The SMILES string of the molecule is O=S(=O)(c1ccc(Cl)cc1)c1ccc(N=Cc2cc(Cl)cc(Cl)c2O)cc1Cl. The molecule has 4 nitrogen and oxygen atoms in total. The first-order valence-corrected chi connectivity index (χ1v) is 10.7. The first-order valence-electron chi connectivity index (χ1n) is 7.71. The molecule has 0 aliphatic heterocycles. The minimum absolute atomic E-state index is 0.0120. The Kier molecular flexibility index (Phi) is 6.22. The van der Waals surface area contributed by atoms with E-state index in [4.69, 9.17) is 46.4 Å². The van der Waals surface area contributed by atoms with E-state index in [1.807, 2.05) is 0 Å². The lowest BCUT2D eigenvalue weighted by molar-refractivity contribution is 0.475. The Morgan fingerprint density at radius 1 is 0.821 bits per heavy atom. The Morgan fingerprint density at radius 3 is 2.14 bits per heavy atom. The predicted octanol–water partition coefficient (Wildman–Crippen LogP) is 6.59. The summed E-state index contributed by atoms with van der Waals surface area (Å²) in [5.41, 5.74) is 0.696. The molecule has 0 heterocycles. The highest BCUT2D eigenvalue weighted by atomic mass is 35.5. The number of hydrogen-bond donors (Lipinski definition) is 1. The number of aliphatic imine (C=N–C) groups is 1. The molecule has 0 fully saturated rings. The standard InChI is InChI=1S/C19H11Cl4NO3S/c20-12-1-4-15(5-2-12)28(26,27)18-6-3-14(9-16(18)22)24-10-11-7-13(21)8-17(23)19(11)25/h1-10,25H. The molecule has 0 saturated heterocycles. The maximum Gasteiger partial charge on any atom is 0.208 e. The van der Waals surface area contributed by atoms with Crippen LogP contribution in [0.1, 0.15) is 5.56 Å². The fourth-order valence-electron chi connectivity index (χ4n) is 2.36. The summed E-state index contributed by atoms with van der Waals surface area (Å²) in [6, 6.07) is 13.0. The Balaban J connectivity index is 1.94. The monoisotopic (exact) mass is 473 g/mol. The number of benzene rings is 3. The number of aromatic hydroxyl groups is 1. The van der Waals surface area contributed by atoms with Gasteiger partial charge >= 0.3 is 0 Å². The second-order valence-corrected chi connectivity index (χ2v) is 9.26. The molecule has 0 bridgehead atoms. The maximum absolute atomic E-state index is 12.7.